The van der Waals surface area contributed by atoms with Crippen LogP contribution in [-0.2, 0) is 0 Å². The van der Waals surface area contributed by atoms with Crippen molar-refractivity contribution in [2.24, 2.45) is 0 Å². The van der Waals surface area contributed by atoms with Gasteiger partial charge in [0.15, 0.2) is 0 Å². The van der Waals surface area contributed by atoms with Crippen LogP contribution in [0, 0.1) is 0 Å². The number of thiophene rings is 1. The molecule has 2 aromatic rings. The summed E-state index contributed by atoms with van der Waals surface area (Å²) in [5.74, 6) is 0.0346. The number of hydrogen-bond acceptors (Lipinski definition) is 4. The summed E-state index contributed by atoms with van der Waals surface area (Å²) in [6.07, 6.45) is 0. The molecule has 1 aromatic carbocycles. The second-order valence-electron chi connectivity index (χ2n) is 3.51. The van der Waals surface area contributed by atoms with Crippen LogP contribution in [0.3, 0.4) is 0 Å². The molecule has 1 aliphatic rings. The molecule has 1 aromatic heterocycles. The van der Waals surface area contributed by atoms with E-state index in [1.54, 1.807) is 23.6 Å². The Labute approximate surface area is 95.5 Å². The number of phenolic OH excluding ortho intramolecular Hbond substituents is 1. The van der Waals surface area contributed by atoms with E-state index in [0.717, 1.165) is 5.69 Å². The van der Waals surface area contributed by atoms with Crippen LogP contribution in [-0.4, -0.2) is 11.0 Å². The number of aromatic hydroxyl groups is 1. The Kier molecular flexibility index (Phi) is 1.87. The molecule has 2 heterocycles. The predicted molar refractivity (Wildman–Crippen MR) is 63.7 cm³/mol. The lowest BCUT2D eigenvalue weighted by molar-refractivity contribution is 0.102. The highest BCUT2D eigenvalue weighted by molar-refractivity contribution is 7.08. The second-order valence-corrected chi connectivity index (χ2v) is 4.25. The molecule has 0 aliphatic carbocycles. The van der Waals surface area contributed by atoms with Crippen LogP contribution in [0.15, 0.2) is 29.0 Å². The van der Waals surface area contributed by atoms with Crippen molar-refractivity contribution in [1.29, 1.82) is 0 Å². The average molecular weight is 232 g/mol. The van der Waals surface area contributed by atoms with Crippen molar-refractivity contribution in [3.8, 4) is 5.75 Å². The van der Waals surface area contributed by atoms with Crippen molar-refractivity contribution < 1.29 is 9.90 Å². The Balaban J connectivity index is 2.17. The number of phenols is 1. The molecule has 3 N–H and O–H groups in total. The number of rotatable bonds is 0. The molecule has 0 bridgehead atoms. The fourth-order valence-corrected chi connectivity index (χ4v) is 2.41. The standard InChI is InChI=1S/C11H8N2O2S/c14-6-1-2-8-9(3-6)12-10-5-16-4-7(10)11(15)13-8/h1-5,12,14H,(H,13,15). The van der Waals surface area contributed by atoms with Gasteiger partial charge in [-0.2, -0.15) is 0 Å². The SMILES string of the molecule is O=C1Nc2ccc(O)cc2Nc2cscc21. The van der Waals surface area contributed by atoms with Gasteiger partial charge < -0.3 is 15.7 Å². The smallest absolute Gasteiger partial charge is 0.258 e. The predicted octanol–water partition coefficient (Wildman–Crippen LogP) is 2.76. The van der Waals surface area contributed by atoms with E-state index in [1.807, 2.05) is 5.38 Å². The van der Waals surface area contributed by atoms with Gasteiger partial charge in [0.05, 0.1) is 22.6 Å². The largest absolute Gasteiger partial charge is 0.508 e. The van der Waals surface area contributed by atoms with Gasteiger partial charge in [0.25, 0.3) is 5.91 Å². The molecule has 16 heavy (non-hydrogen) atoms. The third kappa shape index (κ3) is 1.33. The molecule has 0 fully saturated rings. The van der Waals surface area contributed by atoms with E-state index in [9.17, 15) is 9.90 Å². The van der Waals surface area contributed by atoms with Gasteiger partial charge in [-0.05, 0) is 12.1 Å². The zero-order valence-electron chi connectivity index (χ0n) is 8.15. The number of nitrogens with one attached hydrogen (secondary N) is 2. The van der Waals surface area contributed by atoms with E-state index in [1.165, 1.54) is 11.3 Å². The second kappa shape index (κ2) is 3.24. The summed E-state index contributed by atoms with van der Waals surface area (Å²) in [5.41, 5.74) is 2.77. The molecule has 80 valence electrons. The third-order valence-corrected chi connectivity index (χ3v) is 3.17. The van der Waals surface area contributed by atoms with Crippen LogP contribution in [0.2, 0.25) is 0 Å². The summed E-state index contributed by atoms with van der Waals surface area (Å²) in [4.78, 5) is 11.8. The molecule has 0 unspecified atom stereocenters. The molecule has 0 saturated carbocycles. The fourth-order valence-electron chi connectivity index (χ4n) is 1.65. The lowest BCUT2D eigenvalue weighted by atomic mass is 10.2. The van der Waals surface area contributed by atoms with E-state index >= 15 is 0 Å². The zero-order chi connectivity index (χ0) is 11.1. The Bertz CT molecular complexity index is 577. The number of amides is 1. The van der Waals surface area contributed by atoms with Gasteiger partial charge in [0.2, 0.25) is 0 Å². The van der Waals surface area contributed by atoms with Crippen LogP contribution in [0.25, 0.3) is 0 Å². The molecule has 0 saturated heterocycles. The van der Waals surface area contributed by atoms with E-state index in [2.05, 4.69) is 10.6 Å². The number of benzene rings is 1. The summed E-state index contributed by atoms with van der Waals surface area (Å²) in [6, 6.07) is 4.80. The topological polar surface area (TPSA) is 61.4 Å². The highest BCUT2D eigenvalue weighted by atomic mass is 32.1. The number of fused-ring (bicyclic) bond motifs is 2. The Hall–Kier alpha value is -2.01. The van der Waals surface area contributed by atoms with E-state index in [4.69, 9.17) is 0 Å². The van der Waals surface area contributed by atoms with Gasteiger partial charge in [0, 0.05) is 16.8 Å². The summed E-state index contributed by atoms with van der Waals surface area (Å²) in [6.45, 7) is 0. The van der Waals surface area contributed by atoms with Crippen molar-refractivity contribution in [3.05, 3.63) is 34.5 Å². The van der Waals surface area contributed by atoms with Crippen molar-refractivity contribution in [2.75, 3.05) is 10.6 Å². The first-order chi connectivity index (χ1) is 7.74. The summed E-state index contributed by atoms with van der Waals surface area (Å²) >= 11 is 1.46. The quantitative estimate of drug-likeness (QED) is 0.612. The highest BCUT2D eigenvalue weighted by Crippen LogP contribution is 2.35. The van der Waals surface area contributed by atoms with E-state index < -0.39 is 0 Å². The van der Waals surface area contributed by atoms with Crippen LogP contribution >= 0.6 is 11.3 Å². The van der Waals surface area contributed by atoms with Crippen molar-refractivity contribution in [3.63, 3.8) is 0 Å². The molecule has 5 heteroatoms. The molecule has 0 radical (unpaired) electrons. The molecule has 4 nitrogen and oxygen atoms in total. The van der Waals surface area contributed by atoms with Crippen LogP contribution in [0.1, 0.15) is 10.4 Å². The van der Waals surface area contributed by atoms with Crippen molar-refractivity contribution in [1.82, 2.24) is 0 Å². The van der Waals surface area contributed by atoms with Crippen molar-refractivity contribution in [2.45, 2.75) is 0 Å². The van der Waals surface area contributed by atoms with Gasteiger partial charge in [0.1, 0.15) is 5.75 Å². The van der Waals surface area contributed by atoms with Crippen LogP contribution in [0.5, 0.6) is 5.75 Å². The maximum absolute atomic E-state index is 11.8. The molecule has 0 spiro atoms. The summed E-state index contributed by atoms with van der Waals surface area (Å²) in [7, 11) is 0. The average Bonchev–Trinajstić information content (AvgIpc) is 2.65. The highest BCUT2D eigenvalue weighted by Gasteiger charge is 2.19. The molecule has 0 atom stereocenters. The molecule has 1 amide bonds. The molecular formula is C11H8N2O2S. The van der Waals surface area contributed by atoms with Gasteiger partial charge in [-0.15, -0.1) is 11.3 Å². The summed E-state index contributed by atoms with van der Waals surface area (Å²) in [5, 5.41) is 19.0. The van der Waals surface area contributed by atoms with Crippen molar-refractivity contribution >= 4 is 34.3 Å². The van der Waals surface area contributed by atoms with E-state index in [0.29, 0.717) is 16.9 Å². The third-order valence-electron chi connectivity index (χ3n) is 2.43. The molecular weight excluding hydrogens is 224 g/mol. The maximum Gasteiger partial charge on any atom is 0.258 e. The lowest BCUT2D eigenvalue weighted by Gasteiger charge is -2.07. The van der Waals surface area contributed by atoms with Crippen LogP contribution in [0.4, 0.5) is 17.1 Å². The summed E-state index contributed by atoms with van der Waals surface area (Å²) < 4.78 is 0. The first kappa shape index (κ1) is 9.23. The number of carbonyl (C=O) groups is 1. The van der Waals surface area contributed by atoms with Gasteiger partial charge in [-0.25, -0.2) is 0 Å². The fraction of sp³-hybridized carbons (Fsp3) is 0. The zero-order valence-corrected chi connectivity index (χ0v) is 8.97. The Morgan fingerprint density at radius 1 is 1.06 bits per heavy atom. The van der Waals surface area contributed by atoms with Gasteiger partial charge in [-0.3, -0.25) is 4.79 Å². The van der Waals surface area contributed by atoms with Gasteiger partial charge in [-0.1, -0.05) is 0 Å². The Morgan fingerprint density at radius 2 is 1.94 bits per heavy atom. The first-order valence-electron chi connectivity index (χ1n) is 4.71. The minimum Gasteiger partial charge on any atom is -0.508 e. The van der Waals surface area contributed by atoms with Gasteiger partial charge >= 0.3 is 0 Å². The maximum atomic E-state index is 11.8. The minimum atomic E-state index is -0.131. The lowest BCUT2D eigenvalue weighted by Crippen LogP contribution is -2.09. The number of anilines is 3. The monoisotopic (exact) mass is 232 g/mol. The minimum absolute atomic E-state index is 0.131. The number of carbonyl (C=O) groups excluding carboxylic acids is 1. The number of hydrogen-bond donors (Lipinski definition) is 3. The first-order valence-corrected chi connectivity index (χ1v) is 5.66. The molecule has 1 aliphatic heterocycles. The van der Waals surface area contributed by atoms with Crippen LogP contribution < -0.4 is 10.6 Å². The molecule has 3 rings (SSSR count). The Morgan fingerprint density at radius 3 is 2.81 bits per heavy atom. The normalized spacial score (nSPS) is 13.1. The van der Waals surface area contributed by atoms with E-state index in [-0.39, 0.29) is 11.7 Å².